The minimum atomic E-state index is -0.0552. The number of nitrogens with zero attached hydrogens (tertiary/aromatic N) is 1. The molecular weight excluding hydrogens is 242 g/mol. The van der Waals surface area contributed by atoms with Gasteiger partial charge in [0.25, 0.3) is 0 Å². The van der Waals surface area contributed by atoms with Gasteiger partial charge in [0, 0.05) is 5.39 Å². The fourth-order valence-corrected chi connectivity index (χ4v) is 1.88. The highest BCUT2D eigenvalue weighted by molar-refractivity contribution is 6.01. The summed E-state index contributed by atoms with van der Waals surface area (Å²) in [6.45, 7) is 6.35. The van der Waals surface area contributed by atoms with E-state index >= 15 is 0 Å². The molecule has 0 fully saturated rings. The zero-order chi connectivity index (χ0) is 13.8. The molecule has 0 saturated carbocycles. The van der Waals surface area contributed by atoms with Crippen molar-refractivity contribution in [3.8, 4) is 0 Å². The van der Waals surface area contributed by atoms with Crippen LogP contribution in [0.15, 0.2) is 18.3 Å². The number of benzene rings is 1. The van der Waals surface area contributed by atoms with Gasteiger partial charge in [-0.2, -0.15) is 5.10 Å². The molecule has 2 rings (SSSR count). The average molecular weight is 261 g/mol. The van der Waals surface area contributed by atoms with Crippen molar-refractivity contribution in [3.05, 3.63) is 23.9 Å². The van der Waals surface area contributed by atoms with Crippen LogP contribution in [0.1, 0.15) is 25.8 Å². The highest BCUT2D eigenvalue weighted by Gasteiger charge is 2.09. The summed E-state index contributed by atoms with van der Waals surface area (Å²) in [6.07, 6.45) is 2.26. The number of ether oxygens (including phenoxy) is 1. The van der Waals surface area contributed by atoms with Crippen molar-refractivity contribution >= 4 is 22.5 Å². The molecule has 1 aromatic carbocycles. The third kappa shape index (κ3) is 3.32. The van der Waals surface area contributed by atoms with Gasteiger partial charge in [-0.3, -0.25) is 9.89 Å². The number of carbonyl (C=O) groups excluding carboxylic acids is 1. The first-order valence-electron chi connectivity index (χ1n) is 6.42. The van der Waals surface area contributed by atoms with Crippen LogP contribution < -0.4 is 5.32 Å². The molecule has 0 radical (unpaired) electrons. The standard InChI is InChI=1S/C14H19N3O2/c1-9(2)19-7-6-13(18)16-12-5-4-10(3)11-8-15-17-14(11)12/h4-5,8-9H,6-7H2,1-3H3,(H,15,17)(H,16,18). The van der Waals surface area contributed by atoms with Crippen LogP contribution in [0.4, 0.5) is 5.69 Å². The predicted octanol–water partition coefficient (Wildman–Crippen LogP) is 2.62. The van der Waals surface area contributed by atoms with Gasteiger partial charge in [0.05, 0.1) is 36.5 Å². The normalized spacial score (nSPS) is 11.2. The molecule has 0 aliphatic rings. The van der Waals surface area contributed by atoms with E-state index in [1.807, 2.05) is 32.9 Å². The zero-order valence-corrected chi connectivity index (χ0v) is 11.5. The number of H-pyrrole nitrogens is 1. The van der Waals surface area contributed by atoms with Crippen molar-refractivity contribution in [2.45, 2.75) is 33.3 Å². The summed E-state index contributed by atoms with van der Waals surface area (Å²) in [5, 5.41) is 10.8. The number of fused-ring (bicyclic) bond motifs is 1. The molecule has 1 amide bonds. The Balaban J connectivity index is 2.03. The summed E-state index contributed by atoms with van der Waals surface area (Å²) in [6, 6.07) is 3.86. The second-order valence-electron chi connectivity index (χ2n) is 4.81. The Labute approximate surface area is 112 Å². The van der Waals surface area contributed by atoms with Gasteiger partial charge in [0.1, 0.15) is 0 Å². The highest BCUT2D eigenvalue weighted by Crippen LogP contribution is 2.24. The number of carbonyl (C=O) groups is 1. The third-order valence-electron chi connectivity index (χ3n) is 2.89. The average Bonchev–Trinajstić information content (AvgIpc) is 2.82. The molecular formula is C14H19N3O2. The smallest absolute Gasteiger partial charge is 0.226 e. The van der Waals surface area contributed by atoms with Crippen LogP contribution in [0, 0.1) is 6.92 Å². The Morgan fingerprint density at radius 2 is 2.26 bits per heavy atom. The van der Waals surface area contributed by atoms with E-state index in [-0.39, 0.29) is 12.0 Å². The maximum atomic E-state index is 11.8. The van der Waals surface area contributed by atoms with E-state index in [1.165, 1.54) is 0 Å². The molecule has 5 heteroatoms. The summed E-state index contributed by atoms with van der Waals surface area (Å²) < 4.78 is 5.36. The number of aryl methyl sites for hydroxylation is 1. The lowest BCUT2D eigenvalue weighted by atomic mass is 10.1. The van der Waals surface area contributed by atoms with Gasteiger partial charge >= 0.3 is 0 Å². The van der Waals surface area contributed by atoms with Gasteiger partial charge in [-0.1, -0.05) is 6.07 Å². The molecule has 0 aliphatic heterocycles. The summed E-state index contributed by atoms with van der Waals surface area (Å²) in [5.41, 5.74) is 2.75. The van der Waals surface area contributed by atoms with E-state index in [0.717, 1.165) is 22.2 Å². The van der Waals surface area contributed by atoms with Crippen LogP contribution in [0.5, 0.6) is 0 Å². The maximum absolute atomic E-state index is 11.8. The van der Waals surface area contributed by atoms with Crippen molar-refractivity contribution in [3.63, 3.8) is 0 Å². The van der Waals surface area contributed by atoms with E-state index in [0.29, 0.717) is 13.0 Å². The second-order valence-corrected chi connectivity index (χ2v) is 4.81. The van der Waals surface area contributed by atoms with E-state index in [4.69, 9.17) is 4.74 Å². The quantitative estimate of drug-likeness (QED) is 0.869. The molecule has 1 aromatic heterocycles. The molecule has 0 spiro atoms. The lowest BCUT2D eigenvalue weighted by Gasteiger charge is -2.09. The zero-order valence-electron chi connectivity index (χ0n) is 11.5. The number of hydrogen-bond acceptors (Lipinski definition) is 3. The molecule has 2 aromatic rings. The van der Waals surface area contributed by atoms with Crippen molar-refractivity contribution in [1.82, 2.24) is 10.2 Å². The minimum absolute atomic E-state index is 0.0552. The van der Waals surface area contributed by atoms with Crippen molar-refractivity contribution in [2.75, 3.05) is 11.9 Å². The van der Waals surface area contributed by atoms with Gasteiger partial charge in [-0.05, 0) is 32.4 Å². The predicted molar refractivity (Wildman–Crippen MR) is 75.2 cm³/mol. The third-order valence-corrected chi connectivity index (χ3v) is 2.89. The molecule has 19 heavy (non-hydrogen) atoms. The van der Waals surface area contributed by atoms with Gasteiger partial charge in [0.2, 0.25) is 5.91 Å². The van der Waals surface area contributed by atoms with E-state index < -0.39 is 0 Å². The van der Waals surface area contributed by atoms with Crippen LogP contribution in [0.25, 0.3) is 10.9 Å². The molecule has 0 unspecified atom stereocenters. The Kier molecular flexibility index (Phi) is 4.16. The van der Waals surface area contributed by atoms with Gasteiger partial charge < -0.3 is 10.1 Å². The molecule has 0 bridgehead atoms. The first-order valence-corrected chi connectivity index (χ1v) is 6.42. The van der Waals surface area contributed by atoms with Crippen molar-refractivity contribution in [2.24, 2.45) is 0 Å². The molecule has 0 saturated heterocycles. The molecule has 2 N–H and O–H groups in total. The van der Waals surface area contributed by atoms with Crippen LogP contribution in [-0.4, -0.2) is 28.8 Å². The summed E-state index contributed by atoms with van der Waals surface area (Å²) in [7, 11) is 0. The lowest BCUT2D eigenvalue weighted by molar-refractivity contribution is -0.117. The summed E-state index contributed by atoms with van der Waals surface area (Å²) in [4.78, 5) is 11.8. The van der Waals surface area contributed by atoms with Crippen LogP contribution in [0.3, 0.4) is 0 Å². The topological polar surface area (TPSA) is 67.0 Å². The van der Waals surface area contributed by atoms with Crippen LogP contribution >= 0.6 is 0 Å². The summed E-state index contributed by atoms with van der Waals surface area (Å²) >= 11 is 0. The Hall–Kier alpha value is -1.88. The highest BCUT2D eigenvalue weighted by atomic mass is 16.5. The number of aromatic amines is 1. The summed E-state index contributed by atoms with van der Waals surface area (Å²) in [5.74, 6) is -0.0552. The Morgan fingerprint density at radius 3 is 3.00 bits per heavy atom. The van der Waals surface area contributed by atoms with E-state index in [9.17, 15) is 4.79 Å². The van der Waals surface area contributed by atoms with Gasteiger partial charge in [-0.25, -0.2) is 0 Å². The van der Waals surface area contributed by atoms with Gasteiger partial charge in [0.15, 0.2) is 0 Å². The molecule has 0 atom stereocenters. The number of anilines is 1. The number of nitrogens with one attached hydrogen (secondary N) is 2. The first kappa shape index (κ1) is 13.5. The van der Waals surface area contributed by atoms with E-state index in [2.05, 4.69) is 15.5 Å². The number of rotatable bonds is 5. The van der Waals surface area contributed by atoms with Crippen molar-refractivity contribution < 1.29 is 9.53 Å². The molecule has 102 valence electrons. The minimum Gasteiger partial charge on any atom is -0.378 e. The second kappa shape index (κ2) is 5.84. The Bertz CT molecular complexity index is 575. The molecule has 0 aliphatic carbocycles. The van der Waals surface area contributed by atoms with Crippen LogP contribution in [0.2, 0.25) is 0 Å². The molecule has 5 nitrogen and oxygen atoms in total. The SMILES string of the molecule is Cc1ccc(NC(=O)CCOC(C)C)c2[nH]ncc12. The number of hydrogen-bond donors (Lipinski definition) is 2. The van der Waals surface area contributed by atoms with Crippen LogP contribution in [-0.2, 0) is 9.53 Å². The molecule has 1 heterocycles. The van der Waals surface area contributed by atoms with E-state index in [1.54, 1.807) is 6.20 Å². The fraction of sp³-hybridized carbons (Fsp3) is 0.429. The largest absolute Gasteiger partial charge is 0.378 e. The van der Waals surface area contributed by atoms with Crippen molar-refractivity contribution in [1.29, 1.82) is 0 Å². The fourth-order valence-electron chi connectivity index (χ4n) is 1.88. The number of amides is 1. The Morgan fingerprint density at radius 1 is 1.47 bits per heavy atom. The maximum Gasteiger partial charge on any atom is 0.226 e. The monoisotopic (exact) mass is 261 g/mol. The lowest BCUT2D eigenvalue weighted by Crippen LogP contribution is -2.16. The van der Waals surface area contributed by atoms with Gasteiger partial charge in [-0.15, -0.1) is 0 Å². The number of aromatic nitrogens is 2. The first-order chi connectivity index (χ1) is 9.08.